The number of methoxy groups -OCH3 is 1. The van der Waals surface area contributed by atoms with Crippen molar-refractivity contribution in [2.45, 2.75) is 6.42 Å². The van der Waals surface area contributed by atoms with Crippen LogP contribution in [0.5, 0.6) is 0 Å². The minimum absolute atomic E-state index is 0.752. The van der Waals surface area contributed by atoms with Crippen LogP contribution in [0.1, 0.15) is 5.56 Å². The van der Waals surface area contributed by atoms with Crippen LogP contribution in [0.4, 0.5) is 0 Å². The van der Waals surface area contributed by atoms with E-state index >= 15 is 0 Å². The van der Waals surface area contributed by atoms with E-state index in [1.165, 1.54) is 5.56 Å². The summed E-state index contributed by atoms with van der Waals surface area (Å²) in [5.74, 6) is 0. The molecule has 0 saturated heterocycles. The maximum absolute atomic E-state index is 5.09. The van der Waals surface area contributed by atoms with E-state index in [1.807, 2.05) is 28.9 Å². The summed E-state index contributed by atoms with van der Waals surface area (Å²) in [7, 11) is 1.73. The molecule has 0 spiro atoms. The van der Waals surface area contributed by atoms with Gasteiger partial charge < -0.3 is 9.14 Å². The zero-order chi connectivity index (χ0) is 13.9. The zero-order valence-corrected chi connectivity index (χ0v) is 12.8. The molecule has 2 heterocycles. The van der Waals surface area contributed by atoms with Crippen LogP contribution in [0, 0.1) is 0 Å². The van der Waals surface area contributed by atoms with Crippen molar-refractivity contribution in [2.75, 3.05) is 13.7 Å². The Morgan fingerprint density at radius 2 is 1.90 bits per heavy atom. The van der Waals surface area contributed by atoms with Crippen molar-refractivity contribution in [2.24, 2.45) is 0 Å². The normalized spacial score (nSPS) is 11.1. The second-order valence-corrected chi connectivity index (χ2v) is 5.59. The number of halogens is 1. The lowest BCUT2D eigenvalue weighted by atomic mass is 10.1. The molecule has 2 aromatic heterocycles. The Labute approximate surface area is 126 Å². The van der Waals surface area contributed by atoms with E-state index in [0.29, 0.717) is 0 Å². The van der Waals surface area contributed by atoms with E-state index < -0.39 is 0 Å². The van der Waals surface area contributed by atoms with Gasteiger partial charge in [0.1, 0.15) is 5.65 Å². The minimum Gasteiger partial charge on any atom is -0.384 e. The Morgan fingerprint density at radius 3 is 2.65 bits per heavy atom. The van der Waals surface area contributed by atoms with Gasteiger partial charge in [0.05, 0.1) is 12.3 Å². The van der Waals surface area contributed by atoms with Gasteiger partial charge in [0.2, 0.25) is 0 Å². The van der Waals surface area contributed by atoms with Crippen molar-refractivity contribution in [3.05, 3.63) is 58.8 Å². The molecule has 0 saturated carbocycles. The SMILES string of the molecule is COCCc1ccc(-c2cn3cc(Br)ccc3n2)cc1. The highest BCUT2D eigenvalue weighted by molar-refractivity contribution is 9.10. The molecule has 102 valence electrons. The maximum atomic E-state index is 5.09. The predicted octanol–water partition coefficient (Wildman–Crippen LogP) is 3.95. The van der Waals surface area contributed by atoms with Crippen LogP contribution in [0.3, 0.4) is 0 Å². The first-order valence-corrected chi connectivity index (χ1v) is 7.28. The summed E-state index contributed by atoms with van der Waals surface area (Å²) < 4.78 is 8.16. The standard InChI is InChI=1S/C16H15BrN2O/c1-20-9-8-12-2-4-13(5-3-12)15-11-19-10-14(17)6-7-16(19)18-15/h2-7,10-11H,8-9H2,1H3. The summed E-state index contributed by atoms with van der Waals surface area (Å²) in [4.78, 5) is 4.63. The van der Waals surface area contributed by atoms with Crippen molar-refractivity contribution in [3.63, 3.8) is 0 Å². The van der Waals surface area contributed by atoms with Gasteiger partial charge in [-0.25, -0.2) is 4.98 Å². The van der Waals surface area contributed by atoms with Crippen LogP contribution < -0.4 is 0 Å². The number of fused-ring (bicyclic) bond motifs is 1. The van der Waals surface area contributed by atoms with Crippen molar-refractivity contribution in [3.8, 4) is 11.3 Å². The highest BCUT2D eigenvalue weighted by Gasteiger charge is 2.04. The van der Waals surface area contributed by atoms with Crippen LogP contribution >= 0.6 is 15.9 Å². The molecule has 4 heteroatoms. The average molecular weight is 331 g/mol. The zero-order valence-electron chi connectivity index (χ0n) is 11.2. The molecule has 3 nitrogen and oxygen atoms in total. The number of benzene rings is 1. The van der Waals surface area contributed by atoms with E-state index in [4.69, 9.17) is 4.74 Å². The predicted molar refractivity (Wildman–Crippen MR) is 83.9 cm³/mol. The minimum atomic E-state index is 0.752. The Hall–Kier alpha value is -1.65. The van der Waals surface area contributed by atoms with E-state index in [0.717, 1.165) is 34.4 Å². The molecule has 0 fully saturated rings. The third-order valence-electron chi connectivity index (χ3n) is 3.26. The highest BCUT2D eigenvalue weighted by atomic mass is 79.9. The first-order chi connectivity index (χ1) is 9.76. The van der Waals surface area contributed by atoms with E-state index in [9.17, 15) is 0 Å². The fourth-order valence-electron chi connectivity index (χ4n) is 2.17. The first-order valence-electron chi connectivity index (χ1n) is 6.49. The highest BCUT2D eigenvalue weighted by Crippen LogP contribution is 2.21. The average Bonchev–Trinajstić information content (AvgIpc) is 2.88. The molecule has 0 aliphatic carbocycles. The molecular formula is C16H15BrN2O. The van der Waals surface area contributed by atoms with Crippen LogP contribution in [-0.4, -0.2) is 23.1 Å². The Kier molecular flexibility index (Phi) is 3.85. The fourth-order valence-corrected chi connectivity index (χ4v) is 2.52. The second kappa shape index (κ2) is 5.77. The quantitative estimate of drug-likeness (QED) is 0.724. The number of rotatable bonds is 4. The molecule has 3 aromatic rings. The molecule has 0 unspecified atom stereocenters. The van der Waals surface area contributed by atoms with Crippen molar-refractivity contribution >= 4 is 21.6 Å². The largest absolute Gasteiger partial charge is 0.384 e. The molecule has 0 aliphatic rings. The van der Waals surface area contributed by atoms with Gasteiger partial charge in [0, 0.05) is 29.5 Å². The maximum Gasteiger partial charge on any atom is 0.137 e. The summed E-state index contributed by atoms with van der Waals surface area (Å²) in [6.07, 6.45) is 5.00. The van der Waals surface area contributed by atoms with E-state index in [1.54, 1.807) is 7.11 Å². The summed E-state index contributed by atoms with van der Waals surface area (Å²) in [5, 5.41) is 0. The second-order valence-electron chi connectivity index (χ2n) is 4.68. The molecule has 3 rings (SSSR count). The molecule has 0 atom stereocenters. The fraction of sp³-hybridized carbons (Fsp3) is 0.188. The van der Waals surface area contributed by atoms with E-state index in [-0.39, 0.29) is 0 Å². The Morgan fingerprint density at radius 1 is 1.10 bits per heavy atom. The number of imidazole rings is 1. The number of ether oxygens (including phenoxy) is 1. The van der Waals surface area contributed by atoms with Gasteiger partial charge in [0.25, 0.3) is 0 Å². The topological polar surface area (TPSA) is 26.5 Å². The smallest absolute Gasteiger partial charge is 0.137 e. The van der Waals surface area contributed by atoms with Crippen molar-refractivity contribution < 1.29 is 4.74 Å². The first kappa shape index (κ1) is 13.3. The molecular weight excluding hydrogens is 316 g/mol. The lowest BCUT2D eigenvalue weighted by molar-refractivity contribution is 0.202. The molecule has 0 N–H and O–H groups in total. The van der Waals surface area contributed by atoms with Crippen LogP contribution in [0.15, 0.2) is 53.3 Å². The summed E-state index contributed by atoms with van der Waals surface area (Å²) >= 11 is 3.47. The molecule has 0 aliphatic heterocycles. The monoisotopic (exact) mass is 330 g/mol. The van der Waals surface area contributed by atoms with Crippen molar-refractivity contribution in [1.82, 2.24) is 9.38 Å². The summed E-state index contributed by atoms with van der Waals surface area (Å²) in [5.41, 5.74) is 4.35. The molecule has 0 bridgehead atoms. The van der Waals surface area contributed by atoms with Gasteiger partial charge in [-0.05, 0) is 40.0 Å². The van der Waals surface area contributed by atoms with Crippen LogP contribution in [0.2, 0.25) is 0 Å². The Balaban J connectivity index is 1.90. The van der Waals surface area contributed by atoms with Crippen molar-refractivity contribution in [1.29, 1.82) is 0 Å². The van der Waals surface area contributed by atoms with E-state index in [2.05, 4.69) is 45.2 Å². The number of aromatic nitrogens is 2. The van der Waals surface area contributed by atoms with Gasteiger partial charge in [-0.3, -0.25) is 0 Å². The molecule has 1 aromatic carbocycles. The molecule has 0 radical (unpaired) electrons. The van der Waals surface area contributed by atoms with Crippen LogP contribution in [-0.2, 0) is 11.2 Å². The Bertz CT molecular complexity index is 719. The van der Waals surface area contributed by atoms with Gasteiger partial charge in [0.15, 0.2) is 0 Å². The third kappa shape index (κ3) is 2.76. The number of hydrogen-bond acceptors (Lipinski definition) is 2. The van der Waals surface area contributed by atoms with Gasteiger partial charge in [-0.2, -0.15) is 0 Å². The third-order valence-corrected chi connectivity index (χ3v) is 3.73. The lowest BCUT2D eigenvalue weighted by Crippen LogP contribution is -1.93. The molecule has 0 amide bonds. The van der Waals surface area contributed by atoms with Gasteiger partial charge >= 0.3 is 0 Å². The summed E-state index contributed by atoms with van der Waals surface area (Å²) in [6.45, 7) is 0.752. The lowest BCUT2D eigenvalue weighted by Gasteiger charge is -2.01. The van der Waals surface area contributed by atoms with Gasteiger partial charge in [-0.1, -0.05) is 24.3 Å². The number of nitrogens with zero attached hydrogens (tertiary/aromatic N) is 2. The number of hydrogen-bond donors (Lipinski definition) is 0. The van der Waals surface area contributed by atoms with Crippen LogP contribution in [0.25, 0.3) is 16.9 Å². The summed E-state index contributed by atoms with van der Waals surface area (Å²) in [6, 6.07) is 12.5. The van der Waals surface area contributed by atoms with Gasteiger partial charge in [-0.15, -0.1) is 0 Å². The number of pyridine rings is 1. The molecule has 20 heavy (non-hydrogen) atoms.